The fraction of sp³-hybridized carbons (Fsp3) is 0.0667. The number of hydrogen-bond donors (Lipinski definition) is 2. The van der Waals surface area contributed by atoms with Gasteiger partial charge in [-0.3, -0.25) is 19.1 Å². The van der Waals surface area contributed by atoms with Crippen LogP contribution in [0, 0.1) is 0 Å². The number of aromatic carboxylic acids is 1. The number of nitrogens with zero attached hydrogens (tertiary/aromatic N) is 1. The smallest absolute Gasteiger partial charge is 0.353 e. The normalized spacial score (nSPS) is 10.2. The summed E-state index contributed by atoms with van der Waals surface area (Å²) in [6.45, 7) is 3.28. The molecule has 0 aliphatic heterocycles. The summed E-state index contributed by atoms with van der Waals surface area (Å²) in [6.07, 6.45) is 1.29. The number of H-pyrrole nitrogens is 1. The minimum absolute atomic E-state index is 0.147. The van der Waals surface area contributed by atoms with Crippen LogP contribution in [0.1, 0.15) is 26.4 Å². The van der Waals surface area contributed by atoms with Gasteiger partial charge < -0.3 is 5.11 Å². The Morgan fingerprint density at radius 1 is 1.23 bits per heavy atom. The van der Waals surface area contributed by atoms with Crippen LogP contribution in [0.15, 0.2) is 52.6 Å². The molecule has 22 heavy (non-hydrogen) atoms. The van der Waals surface area contributed by atoms with Crippen LogP contribution < -0.4 is 11.2 Å². The number of ketones is 1. The first-order valence-electron chi connectivity index (χ1n) is 6.28. The Morgan fingerprint density at radius 3 is 2.41 bits per heavy atom. The van der Waals surface area contributed by atoms with Crippen molar-refractivity contribution >= 4 is 11.8 Å². The molecule has 0 aliphatic carbocycles. The van der Waals surface area contributed by atoms with Gasteiger partial charge in [0, 0.05) is 12.1 Å². The van der Waals surface area contributed by atoms with Crippen LogP contribution in [0.3, 0.4) is 0 Å². The molecule has 2 rings (SSSR count). The Morgan fingerprint density at radius 2 is 1.86 bits per heavy atom. The number of rotatable bonds is 5. The predicted molar refractivity (Wildman–Crippen MR) is 78.4 cm³/mol. The van der Waals surface area contributed by atoms with Crippen LogP contribution in [0.25, 0.3) is 0 Å². The lowest BCUT2D eigenvalue weighted by Crippen LogP contribution is -2.38. The second-order valence-corrected chi connectivity index (χ2v) is 4.38. The van der Waals surface area contributed by atoms with E-state index in [1.807, 2.05) is 4.98 Å². The summed E-state index contributed by atoms with van der Waals surface area (Å²) < 4.78 is 0.785. The highest BCUT2D eigenvalue weighted by molar-refractivity contribution is 6.13. The number of carbonyl (C=O) groups excluding carboxylic acids is 1. The molecule has 0 amide bonds. The van der Waals surface area contributed by atoms with Gasteiger partial charge in [-0.1, -0.05) is 36.4 Å². The van der Waals surface area contributed by atoms with Crippen LogP contribution >= 0.6 is 0 Å². The number of carboxylic acids is 1. The Bertz CT molecular complexity index is 862. The maximum atomic E-state index is 12.4. The largest absolute Gasteiger partial charge is 0.477 e. The van der Waals surface area contributed by atoms with E-state index in [0.29, 0.717) is 0 Å². The van der Waals surface area contributed by atoms with Crippen molar-refractivity contribution in [3.63, 3.8) is 0 Å². The Kier molecular flexibility index (Phi) is 4.17. The summed E-state index contributed by atoms with van der Waals surface area (Å²) in [6, 6.07) is 7.76. The Hall–Kier alpha value is -3.22. The van der Waals surface area contributed by atoms with Crippen molar-refractivity contribution in [1.82, 2.24) is 9.55 Å². The molecule has 0 radical (unpaired) electrons. The third-order valence-electron chi connectivity index (χ3n) is 2.98. The molecule has 0 unspecified atom stereocenters. The summed E-state index contributed by atoms with van der Waals surface area (Å²) >= 11 is 0. The molecule has 7 heteroatoms. The molecule has 0 saturated carbocycles. The lowest BCUT2D eigenvalue weighted by molar-refractivity contribution is 0.0678. The van der Waals surface area contributed by atoms with Crippen molar-refractivity contribution < 1.29 is 14.7 Å². The van der Waals surface area contributed by atoms with Crippen molar-refractivity contribution in [3.8, 4) is 0 Å². The molecule has 0 aliphatic rings. The molecule has 112 valence electrons. The average molecular weight is 300 g/mol. The SMILES string of the molecule is C=CCn1c(C(=O)O)c(C(=O)c2ccccc2)c(=O)[nH]c1=O. The minimum atomic E-state index is -1.54. The van der Waals surface area contributed by atoms with E-state index in [0.717, 1.165) is 4.57 Å². The van der Waals surface area contributed by atoms with Gasteiger partial charge in [-0.05, 0) is 0 Å². The predicted octanol–water partition coefficient (Wildman–Crippen LogP) is 0.652. The van der Waals surface area contributed by atoms with Crippen molar-refractivity contribution in [2.75, 3.05) is 0 Å². The number of aromatic nitrogens is 2. The number of hydrogen-bond acceptors (Lipinski definition) is 4. The van der Waals surface area contributed by atoms with Gasteiger partial charge in [0.15, 0.2) is 0 Å². The number of carbonyl (C=O) groups is 2. The molecule has 0 atom stereocenters. The van der Waals surface area contributed by atoms with Crippen LogP contribution in [0.2, 0.25) is 0 Å². The van der Waals surface area contributed by atoms with Gasteiger partial charge in [-0.25, -0.2) is 9.59 Å². The fourth-order valence-corrected chi connectivity index (χ4v) is 2.04. The maximum Gasteiger partial charge on any atom is 0.353 e. The Balaban J connectivity index is 2.80. The van der Waals surface area contributed by atoms with Crippen molar-refractivity contribution in [2.45, 2.75) is 6.54 Å². The summed E-state index contributed by atoms with van der Waals surface area (Å²) in [5.41, 5.74) is -3.02. The molecular formula is C15H12N2O5. The minimum Gasteiger partial charge on any atom is -0.477 e. The van der Waals surface area contributed by atoms with E-state index < -0.39 is 34.3 Å². The molecule has 0 bridgehead atoms. The van der Waals surface area contributed by atoms with Crippen molar-refractivity contribution in [1.29, 1.82) is 0 Å². The Labute approximate surface area is 124 Å². The molecule has 1 heterocycles. The molecule has 0 spiro atoms. The number of nitrogens with one attached hydrogen (secondary N) is 1. The van der Waals surface area contributed by atoms with E-state index in [2.05, 4.69) is 6.58 Å². The second kappa shape index (κ2) is 6.04. The van der Waals surface area contributed by atoms with E-state index in [1.54, 1.807) is 18.2 Å². The first kappa shape index (κ1) is 15.2. The third kappa shape index (κ3) is 2.64. The molecule has 1 aromatic carbocycles. The van der Waals surface area contributed by atoms with Crippen LogP contribution in [0.4, 0.5) is 0 Å². The third-order valence-corrected chi connectivity index (χ3v) is 2.98. The van der Waals surface area contributed by atoms with Gasteiger partial charge in [0.25, 0.3) is 5.56 Å². The number of allylic oxidation sites excluding steroid dienone is 1. The quantitative estimate of drug-likeness (QED) is 0.622. The van der Waals surface area contributed by atoms with Crippen LogP contribution in [-0.4, -0.2) is 26.4 Å². The molecule has 0 fully saturated rings. The van der Waals surface area contributed by atoms with Gasteiger partial charge in [0.05, 0.1) is 0 Å². The summed E-state index contributed by atoms with van der Waals surface area (Å²) in [7, 11) is 0. The highest BCUT2D eigenvalue weighted by atomic mass is 16.4. The molecule has 0 saturated heterocycles. The maximum absolute atomic E-state index is 12.4. The number of aromatic amines is 1. The van der Waals surface area contributed by atoms with Crippen LogP contribution in [-0.2, 0) is 6.54 Å². The van der Waals surface area contributed by atoms with Crippen LogP contribution in [0.5, 0.6) is 0 Å². The zero-order valence-electron chi connectivity index (χ0n) is 11.4. The van der Waals surface area contributed by atoms with Gasteiger partial charge >= 0.3 is 11.7 Å². The van der Waals surface area contributed by atoms with E-state index in [9.17, 15) is 24.3 Å². The zero-order valence-corrected chi connectivity index (χ0v) is 11.4. The van der Waals surface area contributed by atoms with Crippen molar-refractivity contribution in [2.24, 2.45) is 0 Å². The average Bonchev–Trinajstić information content (AvgIpc) is 2.49. The number of benzene rings is 1. The molecule has 7 nitrogen and oxygen atoms in total. The van der Waals surface area contributed by atoms with Gasteiger partial charge in [0.2, 0.25) is 5.78 Å². The molecule has 2 aromatic rings. The standard InChI is InChI=1S/C15H12N2O5/c1-2-8-17-11(14(20)21)10(13(19)16-15(17)22)12(18)9-6-4-3-5-7-9/h2-7H,1,8H2,(H,20,21)(H,16,19,22). The van der Waals surface area contributed by atoms with Gasteiger partial charge in [-0.15, -0.1) is 6.58 Å². The van der Waals surface area contributed by atoms with Gasteiger partial charge in [0.1, 0.15) is 11.3 Å². The topological polar surface area (TPSA) is 109 Å². The number of carboxylic acid groups (broad SMARTS) is 1. The lowest BCUT2D eigenvalue weighted by atomic mass is 10.0. The molecule has 1 aromatic heterocycles. The summed E-state index contributed by atoms with van der Waals surface area (Å²) in [5.74, 6) is -2.30. The van der Waals surface area contributed by atoms with E-state index in [-0.39, 0.29) is 12.1 Å². The van der Waals surface area contributed by atoms with E-state index in [4.69, 9.17) is 0 Å². The van der Waals surface area contributed by atoms with Gasteiger partial charge in [-0.2, -0.15) is 0 Å². The first-order chi connectivity index (χ1) is 10.5. The molecule has 2 N–H and O–H groups in total. The second-order valence-electron chi connectivity index (χ2n) is 4.38. The lowest BCUT2D eigenvalue weighted by Gasteiger charge is -2.10. The summed E-state index contributed by atoms with van der Waals surface area (Å²) in [5, 5.41) is 9.32. The first-order valence-corrected chi connectivity index (χ1v) is 6.28. The monoisotopic (exact) mass is 300 g/mol. The van der Waals surface area contributed by atoms with Crippen molar-refractivity contribution in [3.05, 3.63) is 80.6 Å². The highest BCUT2D eigenvalue weighted by Crippen LogP contribution is 2.10. The van der Waals surface area contributed by atoms with E-state index in [1.165, 1.54) is 18.2 Å². The molecular weight excluding hydrogens is 288 g/mol. The summed E-state index contributed by atoms with van der Waals surface area (Å²) in [4.78, 5) is 49.6. The highest BCUT2D eigenvalue weighted by Gasteiger charge is 2.26. The van der Waals surface area contributed by atoms with E-state index >= 15 is 0 Å². The fourth-order valence-electron chi connectivity index (χ4n) is 2.04. The zero-order chi connectivity index (χ0) is 16.3.